The molecule has 0 atom stereocenters. The number of pyridine rings is 1. The van der Waals surface area contributed by atoms with Crippen molar-refractivity contribution in [2.24, 2.45) is 0 Å². The quantitative estimate of drug-likeness (QED) is 0.807. The summed E-state index contributed by atoms with van der Waals surface area (Å²) in [5.41, 5.74) is 1.94. The Morgan fingerprint density at radius 3 is 2.50 bits per heavy atom. The first-order chi connectivity index (χ1) is 9.43. The zero-order valence-corrected chi connectivity index (χ0v) is 12.3. The molecule has 0 aliphatic rings. The Morgan fingerprint density at radius 2 is 1.95 bits per heavy atom. The van der Waals surface area contributed by atoms with E-state index >= 15 is 0 Å². The third-order valence-corrected chi connectivity index (χ3v) is 2.81. The van der Waals surface area contributed by atoms with Gasteiger partial charge < -0.3 is 4.74 Å². The number of hydrogen-bond donors (Lipinski definition) is 0. The van der Waals surface area contributed by atoms with Crippen LogP contribution >= 0.6 is 0 Å². The lowest BCUT2D eigenvalue weighted by molar-refractivity contribution is 0.0517. The number of carbonyl (C=O) groups excluding carboxylic acids is 1. The number of rotatable bonds is 3. The minimum absolute atomic E-state index is 0.233. The Bertz CT molecular complexity index is 597. The van der Waals surface area contributed by atoms with Crippen LogP contribution in [0.5, 0.6) is 0 Å². The van der Waals surface area contributed by atoms with Gasteiger partial charge in [-0.25, -0.2) is 4.79 Å². The monoisotopic (exact) mass is 273 g/mol. The van der Waals surface area contributed by atoms with Gasteiger partial charge >= 0.3 is 5.97 Å². The van der Waals surface area contributed by atoms with Crippen LogP contribution in [-0.4, -0.2) is 27.3 Å². The van der Waals surface area contributed by atoms with E-state index in [1.807, 2.05) is 37.6 Å². The fraction of sp³-hybridized carbons (Fsp3) is 0.400. The maximum Gasteiger partial charge on any atom is 0.358 e. The molecule has 5 nitrogen and oxygen atoms in total. The van der Waals surface area contributed by atoms with Crippen LogP contribution < -0.4 is 0 Å². The molecule has 0 N–H and O–H groups in total. The van der Waals surface area contributed by atoms with Gasteiger partial charge in [-0.1, -0.05) is 0 Å². The molecule has 0 saturated heterocycles. The van der Waals surface area contributed by atoms with E-state index < -0.39 is 5.97 Å². The number of esters is 1. The van der Waals surface area contributed by atoms with Crippen molar-refractivity contribution >= 4 is 5.97 Å². The van der Waals surface area contributed by atoms with Crippen LogP contribution in [0.1, 0.15) is 38.2 Å². The topological polar surface area (TPSA) is 57.0 Å². The second kappa shape index (κ2) is 5.45. The van der Waals surface area contributed by atoms with Gasteiger partial charge in [-0.15, -0.1) is 0 Å². The second-order valence-electron chi connectivity index (χ2n) is 5.45. The molecule has 0 bridgehead atoms. The third kappa shape index (κ3) is 2.87. The van der Waals surface area contributed by atoms with Gasteiger partial charge in [0.2, 0.25) is 0 Å². The molecule has 20 heavy (non-hydrogen) atoms. The third-order valence-electron chi connectivity index (χ3n) is 2.81. The first kappa shape index (κ1) is 14.2. The molecule has 2 aromatic heterocycles. The highest BCUT2D eigenvalue weighted by Crippen LogP contribution is 2.26. The lowest BCUT2D eigenvalue weighted by atomic mass is 10.1. The average Bonchev–Trinajstić information content (AvgIpc) is 2.85. The van der Waals surface area contributed by atoms with Gasteiger partial charge in [-0.3, -0.25) is 9.67 Å². The van der Waals surface area contributed by atoms with E-state index in [9.17, 15) is 4.79 Å². The predicted octanol–water partition coefficient (Wildman–Crippen LogP) is 2.88. The average molecular weight is 273 g/mol. The van der Waals surface area contributed by atoms with E-state index in [1.54, 1.807) is 25.4 Å². The molecule has 0 aromatic carbocycles. The summed E-state index contributed by atoms with van der Waals surface area (Å²) in [6.45, 7) is 8.24. The Morgan fingerprint density at radius 1 is 1.30 bits per heavy atom. The lowest BCUT2D eigenvalue weighted by Gasteiger charge is -2.22. The van der Waals surface area contributed by atoms with Gasteiger partial charge in [0.15, 0.2) is 5.69 Å². The van der Waals surface area contributed by atoms with Crippen molar-refractivity contribution in [1.29, 1.82) is 0 Å². The largest absolute Gasteiger partial charge is 0.461 e. The molecule has 0 unspecified atom stereocenters. The van der Waals surface area contributed by atoms with Gasteiger partial charge in [0.05, 0.1) is 17.8 Å². The number of aromatic nitrogens is 3. The Balaban J connectivity index is 2.52. The van der Waals surface area contributed by atoms with Gasteiger partial charge in [-0.2, -0.15) is 5.10 Å². The Hall–Kier alpha value is -2.17. The highest BCUT2D eigenvalue weighted by molar-refractivity contribution is 5.88. The van der Waals surface area contributed by atoms with E-state index in [-0.39, 0.29) is 5.54 Å². The van der Waals surface area contributed by atoms with Gasteiger partial charge in [0.1, 0.15) is 0 Å². The van der Waals surface area contributed by atoms with Crippen LogP contribution in [0.25, 0.3) is 11.3 Å². The van der Waals surface area contributed by atoms with Gasteiger partial charge in [0.25, 0.3) is 0 Å². The van der Waals surface area contributed by atoms with Crippen LogP contribution in [0, 0.1) is 0 Å². The summed E-state index contributed by atoms with van der Waals surface area (Å²) in [5, 5.41) is 4.40. The van der Waals surface area contributed by atoms with Crippen LogP contribution in [0.3, 0.4) is 0 Å². The number of ether oxygens (including phenoxy) is 1. The molecule has 2 rings (SSSR count). The van der Waals surface area contributed by atoms with Crippen LogP contribution in [-0.2, 0) is 10.3 Å². The van der Waals surface area contributed by atoms with E-state index in [2.05, 4.69) is 10.1 Å². The summed E-state index contributed by atoms with van der Waals surface area (Å²) >= 11 is 0. The Labute approximate surface area is 118 Å². The molecule has 0 saturated carbocycles. The molecule has 106 valence electrons. The first-order valence-electron chi connectivity index (χ1n) is 6.61. The number of hydrogen-bond acceptors (Lipinski definition) is 4. The molecule has 0 radical (unpaired) electrons. The molecule has 0 aliphatic carbocycles. The zero-order valence-electron chi connectivity index (χ0n) is 12.3. The molecular formula is C15H19N3O2. The maximum atomic E-state index is 11.9. The van der Waals surface area contributed by atoms with E-state index in [1.165, 1.54) is 0 Å². The summed E-state index contributed by atoms with van der Waals surface area (Å²) in [6.07, 6.45) is 3.44. The number of nitrogens with zero attached hydrogens (tertiary/aromatic N) is 3. The van der Waals surface area contributed by atoms with E-state index in [0.717, 1.165) is 11.3 Å². The lowest BCUT2D eigenvalue weighted by Crippen LogP contribution is -2.24. The first-order valence-corrected chi connectivity index (χ1v) is 6.61. The summed E-state index contributed by atoms with van der Waals surface area (Å²) < 4.78 is 6.86. The molecule has 0 spiro atoms. The summed E-state index contributed by atoms with van der Waals surface area (Å²) in [4.78, 5) is 15.9. The molecular weight excluding hydrogens is 254 g/mol. The minimum atomic E-state index is -0.397. The smallest absolute Gasteiger partial charge is 0.358 e. The van der Waals surface area contributed by atoms with Crippen molar-refractivity contribution in [3.8, 4) is 11.3 Å². The summed E-state index contributed by atoms with van der Waals surface area (Å²) in [6, 6.07) is 5.56. The number of carbonyl (C=O) groups is 1. The fourth-order valence-electron chi connectivity index (χ4n) is 1.93. The summed E-state index contributed by atoms with van der Waals surface area (Å²) in [7, 11) is 0. The van der Waals surface area contributed by atoms with Crippen LogP contribution in [0.2, 0.25) is 0 Å². The van der Waals surface area contributed by atoms with Crippen LogP contribution in [0.15, 0.2) is 30.6 Å². The SMILES string of the molecule is CCOC(=O)c1cc(-c2ccncc2)n(C(C)(C)C)n1. The van der Waals surface area contributed by atoms with E-state index in [4.69, 9.17) is 4.74 Å². The fourth-order valence-corrected chi connectivity index (χ4v) is 1.93. The predicted molar refractivity (Wildman–Crippen MR) is 76.4 cm³/mol. The zero-order chi connectivity index (χ0) is 14.8. The van der Waals surface area contributed by atoms with Crippen molar-refractivity contribution in [3.63, 3.8) is 0 Å². The molecule has 2 heterocycles. The highest BCUT2D eigenvalue weighted by Gasteiger charge is 2.23. The standard InChI is InChI=1S/C15H19N3O2/c1-5-20-14(19)12-10-13(11-6-8-16-9-7-11)18(17-12)15(2,3)4/h6-10H,5H2,1-4H3. The van der Waals surface area contributed by atoms with Crippen LogP contribution in [0.4, 0.5) is 0 Å². The van der Waals surface area contributed by atoms with Crippen molar-refractivity contribution < 1.29 is 9.53 Å². The normalized spacial score (nSPS) is 11.4. The van der Waals surface area contributed by atoms with Gasteiger partial charge in [0, 0.05) is 18.0 Å². The molecule has 0 aliphatic heterocycles. The summed E-state index contributed by atoms with van der Waals surface area (Å²) in [5.74, 6) is -0.397. The molecule has 5 heteroatoms. The highest BCUT2D eigenvalue weighted by atomic mass is 16.5. The molecule has 2 aromatic rings. The molecule has 0 amide bonds. The van der Waals surface area contributed by atoms with E-state index in [0.29, 0.717) is 12.3 Å². The maximum absolute atomic E-state index is 11.9. The molecule has 0 fully saturated rings. The van der Waals surface area contributed by atoms with Crippen molar-refractivity contribution in [2.75, 3.05) is 6.61 Å². The second-order valence-corrected chi connectivity index (χ2v) is 5.45. The minimum Gasteiger partial charge on any atom is -0.461 e. The van der Waals surface area contributed by atoms with Crippen molar-refractivity contribution in [3.05, 3.63) is 36.3 Å². The van der Waals surface area contributed by atoms with Gasteiger partial charge in [-0.05, 0) is 45.9 Å². The Kier molecular flexibility index (Phi) is 3.88. The van der Waals surface area contributed by atoms with Crippen molar-refractivity contribution in [1.82, 2.24) is 14.8 Å². The van der Waals surface area contributed by atoms with Crippen molar-refractivity contribution in [2.45, 2.75) is 33.2 Å².